The van der Waals surface area contributed by atoms with Crippen molar-refractivity contribution in [2.45, 2.75) is 58.3 Å². The van der Waals surface area contributed by atoms with Gasteiger partial charge in [0, 0.05) is 25.7 Å². The Balaban J connectivity index is 3.10. The Morgan fingerprint density at radius 2 is 1.55 bits per heavy atom. The van der Waals surface area contributed by atoms with Crippen LogP contribution in [-0.4, -0.2) is 48.6 Å². The molecule has 1 fully saturated rings. The molecule has 0 bridgehead atoms. The van der Waals surface area contributed by atoms with Crippen molar-refractivity contribution in [3.8, 4) is 0 Å². The number of hydrogen-bond donors (Lipinski definition) is 0. The molecule has 1 rings (SSSR count). The van der Waals surface area contributed by atoms with Gasteiger partial charge in [-0.15, -0.1) is 0 Å². The molecule has 0 amide bonds. The average Bonchev–Trinajstić information content (AvgIpc) is 2.67. The fourth-order valence-corrected chi connectivity index (χ4v) is 2.09. The lowest BCUT2D eigenvalue weighted by molar-refractivity contribution is -0.195. The second-order valence-corrected chi connectivity index (χ2v) is 4.67. The van der Waals surface area contributed by atoms with E-state index in [0.717, 1.165) is 13.8 Å². The van der Waals surface area contributed by atoms with Crippen LogP contribution in [0.1, 0.15) is 27.7 Å². The third-order valence-corrected chi connectivity index (χ3v) is 2.80. The first kappa shape index (κ1) is 17.7. The summed E-state index contributed by atoms with van der Waals surface area (Å²) >= 11 is 0. The Bertz CT molecular complexity index is 503. The number of rotatable bonds is 5. The molecule has 10 heteroatoms. The van der Waals surface area contributed by atoms with E-state index in [9.17, 15) is 14.4 Å². The third-order valence-electron chi connectivity index (χ3n) is 2.80. The zero-order valence-corrected chi connectivity index (χ0v) is 12.6. The fraction of sp³-hybridized carbons (Fsp3) is 0.750. The minimum atomic E-state index is -1.26. The minimum absolute atomic E-state index is 0.646. The van der Waals surface area contributed by atoms with Crippen molar-refractivity contribution in [1.82, 2.24) is 0 Å². The lowest BCUT2D eigenvalue weighted by atomic mass is 10.1. The highest BCUT2D eigenvalue weighted by molar-refractivity contribution is 5.68. The van der Waals surface area contributed by atoms with Crippen molar-refractivity contribution >= 4 is 17.9 Å². The summed E-state index contributed by atoms with van der Waals surface area (Å²) in [5.41, 5.74) is 8.51. The monoisotopic (exact) mass is 315 g/mol. The van der Waals surface area contributed by atoms with Crippen LogP contribution >= 0.6 is 0 Å². The molecule has 0 saturated carbocycles. The molecule has 0 radical (unpaired) electrons. The number of carbonyl (C=O) groups is 3. The van der Waals surface area contributed by atoms with Crippen LogP contribution in [0.25, 0.3) is 10.4 Å². The van der Waals surface area contributed by atoms with Crippen LogP contribution < -0.4 is 0 Å². The van der Waals surface area contributed by atoms with Gasteiger partial charge in [0.2, 0.25) is 12.4 Å². The molecule has 0 aromatic rings. The Hall–Kier alpha value is -2.32. The van der Waals surface area contributed by atoms with E-state index in [2.05, 4.69) is 10.0 Å². The molecule has 0 unspecified atom stereocenters. The van der Waals surface area contributed by atoms with Crippen LogP contribution in [0.2, 0.25) is 0 Å². The summed E-state index contributed by atoms with van der Waals surface area (Å²) in [5, 5.41) is 3.47. The highest BCUT2D eigenvalue weighted by atomic mass is 16.7. The van der Waals surface area contributed by atoms with Gasteiger partial charge in [0.05, 0.1) is 6.04 Å². The van der Waals surface area contributed by atoms with Gasteiger partial charge in [0.1, 0.15) is 6.10 Å². The molecule has 0 N–H and O–H groups in total. The average molecular weight is 315 g/mol. The Kier molecular flexibility index (Phi) is 6.14. The number of nitrogens with zero attached hydrogens (tertiary/aromatic N) is 3. The zero-order chi connectivity index (χ0) is 16.9. The van der Waals surface area contributed by atoms with Crippen molar-refractivity contribution < 1.29 is 33.3 Å². The summed E-state index contributed by atoms with van der Waals surface area (Å²) < 4.78 is 20.5. The van der Waals surface area contributed by atoms with Gasteiger partial charge in [-0.25, -0.2) is 0 Å². The first-order chi connectivity index (χ1) is 10.3. The molecule has 0 spiro atoms. The summed E-state index contributed by atoms with van der Waals surface area (Å²) in [6.07, 6.45) is -4.39. The molecule has 0 aliphatic carbocycles. The van der Waals surface area contributed by atoms with Crippen molar-refractivity contribution in [3.05, 3.63) is 10.4 Å². The predicted octanol–water partition coefficient (Wildman–Crippen LogP) is 0.837. The lowest BCUT2D eigenvalue weighted by Gasteiger charge is -2.23. The summed E-state index contributed by atoms with van der Waals surface area (Å²) in [4.78, 5) is 36.3. The van der Waals surface area contributed by atoms with Crippen LogP contribution in [0.4, 0.5) is 0 Å². The molecule has 1 aliphatic rings. The molecular formula is C12H17N3O7. The summed E-state index contributed by atoms with van der Waals surface area (Å²) in [6.45, 7) is 5.00. The van der Waals surface area contributed by atoms with Gasteiger partial charge in [-0.3, -0.25) is 14.4 Å². The topological polar surface area (TPSA) is 137 Å². The number of carbonyl (C=O) groups excluding carboxylic acids is 3. The number of esters is 3. The molecule has 5 atom stereocenters. The smallest absolute Gasteiger partial charge is 0.305 e. The first-order valence-electron chi connectivity index (χ1n) is 6.47. The number of hydrogen-bond acceptors (Lipinski definition) is 8. The van der Waals surface area contributed by atoms with Gasteiger partial charge in [-0.05, 0) is 5.53 Å². The molecular weight excluding hydrogens is 298 g/mol. The molecule has 1 heterocycles. The Morgan fingerprint density at radius 1 is 1.05 bits per heavy atom. The van der Waals surface area contributed by atoms with E-state index < -0.39 is 48.6 Å². The third kappa shape index (κ3) is 4.61. The highest BCUT2D eigenvalue weighted by Gasteiger charge is 2.52. The van der Waals surface area contributed by atoms with Gasteiger partial charge < -0.3 is 18.9 Å². The molecule has 0 aromatic heterocycles. The van der Waals surface area contributed by atoms with Crippen LogP contribution in [0.15, 0.2) is 5.11 Å². The van der Waals surface area contributed by atoms with Crippen LogP contribution in [0.3, 0.4) is 0 Å². The second kappa shape index (κ2) is 7.62. The molecule has 1 saturated heterocycles. The van der Waals surface area contributed by atoms with Crippen molar-refractivity contribution in [2.75, 3.05) is 0 Å². The zero-order valence-electron chi connectivity index (χ0n) is 12.6. The number of azide groups is 1. The van der Waals surface area contributed by atoms with E-state index >= 15 is 0 Å². The van der Waals surface area contributed by atoms with Gasteiger partial charge in [-0.1, -0.05) is 12.0 Å². The molecule has 122 valence electrons. The molecule has 1 aliphatic heterocycles. The predicted molar refractivity (Wildman–Crippen MR) is 70.1 cm³/mol. The molecule has 22 heavy (non-hydrogen) atoms. The number of ether oxygens (including phenoxy) is 4. The quantitative estimate of drug-likeness (QED) is 0.241. The van der Waals surface area contributed by atoms with E-state index in [-0.39, 0.29) is 0 Å². The maximum Gasteiger partial charge on any atom is 0.305 e. The molecule has 0 aromatic carbocycles. The minimum Gasteiger partial charge on any atom is -0.456 e. The van der Waals surface area contributed by atoms with Gasteiger partial charge in [0.15, 0.2) is 6.10 Å². The maximum absolute atomic E-state index is 11.3. The normalized spacial score (nSPS) is 28.2. The standard InChI is InChI=1S/C12H17N3O7/c1-5(14-15-13)9-10(19-6(2)16)11(20-7(3)17)12(22-9)21-8(4)18/h5,9-12H,1-4H3/t5-,9+,10+,11-,12+/m0/s1. The Labute approximate surface area is 126 Å². The van der Waals surface area contributed by atoms with E-state index in [1.807, 2.05) is 0 Å². The second-order valence-electron chi connectivity index (χ2n) is 4.67. The van der Waals surface area contributed by atoms with Gasteiger partial charge >= 0.3 is 17.9 Å². The van der Waals surface area contributed by atoms with Crippen molar-refractivity contribution in [2.24, 2.45) is 5.11 Å². The van der Waals surface area contributed by atoms with E-state index in [4.69, 9.17) is 24.5 Å². The van der Waals surface area contributed by atoms with Gasteiger partial charge in [0.25, 0.3) is 0 Å². The summed E-state index contributed by atoms with van der Waals surface area (Å²) in [5.74, 6) is -1.98. The largest absolute Gasteiger partial charge is 0.456 e. The van der Waals surface area contributed by atoms with Gasteiger partial charge in [-0.2, -0.15) is 0 Å². The fourth-order valence-electron chi connectivity index (χ4n) is 2.09. The Morgan fingerprint density at radius 3 is 2.00 bits per heavy atom. The summed E-state index contributed by atoms with van der Waals surface area (Å²) in [7, 11) is 0. The lowest BCUT2D eigenvalue weighted by Crippen LogP contribution is -2.43. The van der Waals surface area contributed by atoms with E-state index in [0.29, 0.717) is 0 Å². The van der Waals surface area contributed by atoms with E-state index in [1.54, 1.807) is 0 Å². The van der Waals surface area contributed by atoms with Crippen LogP contribution in [0.5, 0.6) is 0 Å². The first-order valence-corrected chi connectivity index (χ1v) is 6.47. The highest BCUT2D eigenvalue weighted by Crippen LogP contribution is 2.31. The van der Waals surface area contributed by atoms with Crippen LogP contribution in [-0.2, 0) is 33.3 Å². The molecule has 10 nitrogen and oxygen atoms in total. The maximum atomic E-state index is 11.3. The SMILES string of the molecule is CC(=O)O[C@@H]1O[C@H]([C@H](C)N=[N+]=[N-])[C@@H](OC(C)=O)[C@@H]1OC(C)=O. The van der Waals surface area contributed by atoms with Crippen LogP contribution in [0, 0.1) is 0 Å². The summed E-state index contributed by atoms with van der Waals surface area (Å²) in [6, 6.07) is -0.743. The van der Waals surface area contributed by atoms with Crippen molar-refractivity contribution in [3.63, 3.8) is 0 Å². The van der Waals surface area contributed by atoms with E-state index in [1.165, 1.54) is 13.8 Å². The van der Waals surface area contributed by atoms with Crippen molar-refractivity contribution in [1.29, 1.82) is 0 Å².